The fourth-order valence-electron chi connectivity index (χ4n) is 9.65. The van der Waals surface area contributed by atoms with E-state index in [-0.39, 0.29) is 47.1 Å². The first-order valence-electron chi connectivity index (χ1n) is 17.4. The lowest BCUT2D eigenvalue weighted by Crippen LogP contribution is -2.49. The van der Waals surface area contributed by atoms with Gasteiger partial charge in [0, 0.05) is 31.6 Å². The molecular formula is C40H41N3O6. The summed E-state index contributed by atoms with van der Waals surface area (Å²) < 4.78 is 5.48. The molecule has 2 aliphatic carbocycles. The van der Waals surface area contributed by atoms with Crippen molar-refractivity contribution >= 4 is 29.3 Å². The molecule has 1 saturated carbocycles. The van der Waals surface area contributed by atoms with Crippen LogP contribution in [0.2, 0.25) is 0 Å². The van der Waals surface area contributed by atoms with Gasteiger partial charge in [0.05, 0.1) is 36.0 Å². The maximum Gasteiger partial charge on any atom is 0.241 e. The Balaban J connectivity index is 1.13. The van der Waals surface area contributed by atoms with E-state index in [0.717, 1.165) is 43.6 Å². The van der Waals surface area contributed by atoms with Crippen LogP contribution in [0.5, 0.6) is 11.5 Å². The number of rotatable bonds is 6. The van der Waals surface area contributed by atoms with Gasteiger partial charge in [-0.1, -0.05) is 66.2 Å². The van der Waals surface area contributed by atoms with Crippen LogP contribution < -0.4 is 9.64 Å². The van der Waals surface area contributed by atoms with E-state index < -0.39 is 29.1 Å². The first-order chi connectivity index (χ1) is 23.7. The van der Waals surface area contributed by atoms with Crippen LogP contribution in [0.15, 0.2) is 90.5 Å². The lowest BCUT2D eigenvalue weighted by molar-refractivity contribution is -0.144. The van der Waals surface area contributed by atoms with Crippen LogP contribution in [0, 0.1) is 29.1 Å². The van der Waals surface area contributed by atoms with Crippen molar-refractivity contribution in [2.75, 3.05) is 25.1 Å². The van der Waals surface area contributed by atoms with Gasteiger partial charge in [0.1, 0.15) is 0 Å². The summed E-state index contributed by atoms with van der Waals surface area (Å²) in [4.78, 5) is 62.8. The zero-order chi connectivity index (χ0) is 34.0. The van der Waals surface area contributed by atoms with Gasteiger partial charge in [0.2, 0.25) is 23.6 Å². The minimum atomic E-state index is -1.15. The van der Waals surface area contributed by atoms with Crippen molar-refractivity contribution in [3.63, 3.8) is 0 Å². The van der Waals surface area contributed by atoms with Crippen LogP contribution >= 0.6 is 0 Å². The number of fused-ring (bicyclic) bond motifs is 4. The molecule has 3 aromatic carbocycles. The maximum atomic E-state index is 14.6. The maximum absolute atomic E-state index is 14.6. The Morgan fingerprint density at radius 1 is 0.857 bits per heavy atom. The Hall–Kier alpha value is -4.76. The predicted molar refractivity (Wildman–Crippen MR) is 182 cm³/mol. The lowest BCUT2D eigenvalue weighted by atomic mass is 9.51. The normalized spacial score (nSPS) is 30.2. The van der Waals surface area contributed by atoms with E-state index in [1.807, 2.05) is 31.2 Å². The third-order valence-electron chi connectivity index (χ3n) is 12.0. The number of nitrogens with zero attached hydrogens (tertiary/aromatic N) is 3. The van der Waals surface area contributed by atoms with Crippen molar-refractivity contribution in [3.05, 3.63) is 102 Å². The number of benzene rings is 3. The van der Waals surface area contributed by atoms with Crippen LogP contribution in [0.1, 0.15) is 49.7 Å². The highest BCUT2D eigenvalue weighted by molar-refractivity contribution is 6.24. The second-order valence-electron chi connectivity index (χ2n) is 14.5. The number of aromatic hydroxyl groups is 1. The number of carbonyl (C=O) groups excluding carboxylic acids is 4. The smallest absolute Gasteiger partial charge is 0.241 e. The van der Waals surface area contributed by atoms with Crippen LogP contribution in [-0.4, -0.2) is 64.8 Å². The number of imide groups is 2. The number of hydrogen-bond donors (Lipinski definition) is 1. The summed E-state index contributed by atoms with van der Waals surface area (Å²) in [6.45, 7) is 4.31. The van der Waals surface area contributed by atoms with Crippen molar-refractivity contribution in [2.24, 2.45) is 29.1 Å². The molecule has 6 atom stereocenters. The molecule has 252 valence electrons. The molecule has 0 radical (unpaired) electrons. The number of phenols is 1. The molecule has 49 heavy (non-hydrogen) atoms. The highest BCUT2D eigenvalue weighted by Gasteiger charge is 2.67. The van der Waals surface area contributed by atoms with Gasteiger partial charge in [-0.3, -0.25) is 29.0 Å². The third-order valence-corrected chi connectivity index (χ3v) is 12.0. The molecule has 9 nitrogen and oxygen atoms in total. The molecule has 9 heteroatoms. The van der Waals surface area contributed by atoms with Gasteiger partial charge >= 0.3 is 0 Å². The number of para-hydroxylation sites is 1. The number of allylic oxidation sites excluding steroid dienone is 2. The van der Waals surface area contributed by atoms with E-state index in [2.05, 4.69) is 23.1 Å². The first-order valence-corrected chi connectivity index (χ1v) is 17.4. The standard InChI is InChI=1S/C40H41N3O6/c1-40-31(37(46)43(39(40)48)26-11-7-4-8-12-26)22-30-28(35(40)25-13-16-32(44)33(21-25)49-2)14-15-29-34(30)38(47)42(36(29)45)27-17-19-41(20-18-27)23-24-9-5-3-6-10-24/h3-14,16,21,27,29-31,34-35,44H,15,17-20,22-23H2,1-2H3/t29-,30+,31-,34-,35-,40+/m0/s1. The van der Waals surface area contributed by atoms with Crippen LogP contribution in [0.25, 0.3) is 0 Å². The molecule has 0 spiro atoms. The van der Waals surface area contributed by atoms with Gasteiger partial charge in [-0.25, -0.2) is 4.90 Å². The molecule has 0 aromatic heterocycles. The molecule has 4 amide bonds. The van der Waals surface area contributed by atoms with E-state index in [9.17, 15) is 24.3 Å². The number of methoxy groups -OCH3 is 1. The second kappa shape index (κ2) is 12.0. The summed E-state index contributed by atoms with van der Waals surface area (Å²) in [5.41, 5.74) is 2.26. The monoisotopic (exact) mass is 659 g/mol. The zero-order valence-electron chi connectivity index (χ0n) is 27.8. The Morgan fingerprint density at radius 2 is 1.55 bits per heavy atom. The van der Waals surface area contributed by atoms with Gasteiger partial charge in [0.25, 0.3) is 0 Å². The molecule has 4 fully saturated rings. The van der Waals surface area contributed by atoms with Crippen molar-refractivity contribution in [3.8, 4) is 11.5 Å². The summed E-state index contributed by atoms with van der Waals surface area (Å²) in [5.74, 6) is -3.30. The van der Waals surface area contributed by atoms with Crippen molar-refractivity contribution in [2.45, 2.75) is 51.1 Å². The Labute approximate surface area is 286 Å². The number of carbonyl (C=O) groups is 4. The number of ether oxygens (including phenoxy) is 1. The van der Waals surface area contributed by atoms with Crippen LogP contribution in [0.4, 0.5) is 5.69 Å². The number of likely N-dealkylation sites (tertiary alicyclic amines) is 2. The average molecular weight is 660 g/mol. The minimum Gasteiger partial charge on any atom is -0.504 e. The lowest BCUT2D eigenvalue weighted by Gasteiger charge is -2.49. The fraction of sp³-hybridized carbons (Fsp3) is 0.400. The van der Waals surface area contributed by atoms with Gasteiger partial charge in [0.15, 0.2) is 11.5 Å². The summed E-state index contributed by atoms with van der Waals surface area (Å²) in [5, 5.41) is 10.5. The van der Waals surface area contributed by atoms with E-state index in [4.69, 9.17) is 4.74 Å². The van der Waals surface area contributed by atoms with E-state index in [1.54, 1.807) is 47.4 Å². The SMILES string of the molecule is COc1cc([C@H]2C3=CC[C@@H]4C(=O)N(C5CCN(Cc6ccccc6)CC5)C(=O)[C@@H]4[C@@H]3C[C@H]3C(=O)N(c4ccccc4)C(=O)[C@@]23C)ccc1O. The van der Waals surface area contributed by atoms with Crippen LogP contribution in [0.3, 0.4) is 0 Å². The molecule has 3 aliphatic heterocycles. The summed E-state index contributed by atoms with van der Waals surface area (Å²) in [7, 11) is 1.47. The molecule has 8 rings (SSSR count). The van der Waals surface area contributed by atoms with Crippen LogP contribution in [-0.2, 0) is 25.7 Å². The number of phenolic OH excluding ortho intramolecular Hbond substituents is 1. The highest BCUT2D eigenvalue weighted by Crippen LogP contribution is 2.64. The largest absolute Gasteiger partial charge is 0.504 e. The molecule has 1 N–H and O–H groups in total. The summed E-state index contributed by atoms with van der Waals surface area (Å²) in [6, 6.07) is 24.2. The minimum absolute atomic E-state index is 0.0280. The van der Waals surface area contributed by atoms with E-state index >= 15 is 0 Å². The van der Waals surface area contributed by atoms with Crippen molar-refractivity contribution < 1.29 is 29.0 Å². The molecule has 5 aliphatic rings. The Morgan fingerprint density at radius 3 is 2.24 bits per heavy atom. The van der Waals surface area contributed by atoms with Gasteiger partial charge in [-0.15, -0.1) is 0 Å². The van der Waals surface area contributed by atoms with E-state index in [1.165, 1.54) is 17.6 Å². The number of piperidine rings is 1. The van der Waals surface area contributed by atoms with Gasteiger partial charge < -0.3 is 9.84 Å². The molecule has 0 unspecified atom stereocenters. The molecule has 0 bridgehead atoms. The zero-order valence-corrected chi connectivity index (χ0v) is 27.8. The third kappa shape index (κ3) is 4.84. The summed E-state index contributed by atoms with van der Waals surface area (Å²) >= 11 is 0. The first kappa shape index (κ1) is 31.5. The number of hydrogen-bond acceptors (Lipinski definition) is 7. The Kier molecular flexibility index (Phi) is 7.70. The van der Waals surface area contributed by atoms with Crippen molar-refractivity contribution in [1.82, 2.24) is 9.80 Å². The number of anilines is 1. The molecule has 3 saturated heterocycles. The van der Waals surface area contributed by atoms with Gasteiger partial charge in [-0.2, -0.15) is 0 Å². The Bertz CT molecular complexity index is 1850. The van der Waals surface area contributed by atoms with E-state index in [0.29, 0.717) is 18.5 Å². The second-order valence-corrected chi connectivity index (χ2v) is 14.5. The summed E-state index contributed by atoms with van der Waals surface area (Å²) in [6.07, 6.45) is 4.24. The highest BCUT2D eigenvalue weighted by atomic mass is 16.5. The molecular weight excluding hydrogens is 618 g/mol. The molecule has 3 aromatic rings. The average Bonchev–Trinajstić information content (AvgIpc) is 3.49. The van der Waals surface area contributed by atoms with Crippen molar-refractivity contribution in [1.29, 1.82) is 0 Å². The number of amides is 4. The topological polar surface area (TPSA) is 107 Å². The predicted octanol–water partition coefficient (Wildman–Crippen LogP) is 5.30. The molecule has 3 heterocycles. The quantitative estimate of drug-likeness (QED) is 0.283. The fourth-order valence-corrected chi connectivity index (χ4v) is 9.65. The van der Waals surface area contributed by atoms with Gasteiger partial charge in [-0.05, 0) is 73.9 Å².